The summed E-state index contributed by atoms with van der Waals surface area (Å²) >= 11 is 0. The molecule has 0 aromatic carbocycles. The molecule has 2 unspecified atom stereocenters. The average Bonchev–Trinajstić information content (AvgIpc) is 2.67. The summed E-state index contributed by atoms with van der Waals surface area (Å²) in [7, 11) is 0. The molecule has 18 heavy (non-hydrogen) atoms. The van der Waals surface area contributed by atoms with Crippen LogP contribution in [0.5, 0.6) is 0 Å². The van der Waals surface area contributed by atoms with Crippen LogP contribution in [0.2, 0.25) is 0 Å². The number of nitrogens with one attached hydrogen (secondary N) is 1. The Hall–Kier alpha value is -1.63. The Labute approximate surface area is 105 Å². The molecule has 1 heterocycles. The Balaban J connectivity index is 2.45. The molecule has 1 aliphatic rings. The Kier molecular flexibility index (Phi) is 4.66. The summed E-state index contributed by atoms with van der Waals surface area (Å²) in [5, 5.41) is 11.6. The van der Waals surface area contributed by atoms with Gasteiger partial charge in [-0.3, -0.25) is 14.4 Å². The number of nitrogens with two attached hydrogens (primary N) is 1. The van der Waals surface area contributed by atoms with Crippen LogP contribution in [0.25, 0.3) is 0 Å². The highest BCUT2D eigenvalue weighted by Gasteiger charge is 2.35. The number of carbonyl (C=O) groups is 3. The fraction of sp³-hybridized carbons (Fsp3) is 0.727. The molecule has 0 aromatic heterocycles. The van der Waals surface area contributed by atoms with Crippen molar-refractivity contribution in [2.45, 2.75) is 32.4 Å². The van der Waals surface area contributed by atoms with E-state index in [0.717, 1.165) is 0 Å². The van der Waals surface area contributed by atoms with E-state index in [2.05, 4.69) is 5.32 Å². The maximum Gasteiger partial charge on any atom is 0.248 e. The first-order valence-electron chi connectivity index (χ1n) is 5.87. The fourth-order valence-electron chi connectivity index (χ4n) is 1.85. The van der Waals surface area contributed by atoms with Gasteiger partial charge in [0.1, 0.15) is 6.10 Å². The van der Waals surface area contributed by atoms with E-state index in [1.54, 1.807) is 4.90 Å². The third-order valence-corrected chi connectivity index (χ3v) is 2.95. The molecule has 0 bridgehead atoms. The molecule has 0 radical (unpaired) electrons. The van der Waals surface area contributed by atoms with Crippen molar-refractivity contribution in [2.24, 2.45) is 11.7 Å². The van der Waals surface area contributed by atoms with E-state index in [1.165, 1.54) is 0 Å². The number of nitrogens with zero attached hydrogens (tertiary/aromatic N) is 1. The molecule has 0 aromatic rings. The maximum absolute atomic E-state index is 11.7. The number of aliphatic hydroxyl groups excluding tert-OH is 1. The summed E-state index contributed by atoms with van der Waals surface area (Å²) in [6.07, 6.45) is -1.23. The number of amides is 3. The lowest BCUT2D eigenvalue weighted by Gasteiger charge is -2.20. The first kappa shape index (κ1) is 14.4. The molecule has 7 nitrogen and oxygen atoms in total. The molecule has 1 saturated heterocycles. The largest absolute Gasteiger partial charge is 0.381 e. The van der Waals surface area contributed by atoms with E-state index >= 15 is 0 Å². The lowest BCUT2D eigenvalue weighted by molar-refractivity contribution is -0.130. The Bertz CT molecular complexity index is 356. The topological polar surface area (TPSA) is 113 Å². The maximum atomic E-state index is 11.7. The standard InChI is InChI=1S/C11H19N3O4/c1-6(2)14-5-7(3-9(14)16)11(18)13-4-8(15)10(12)17/h6-8,15H,3-5H2,1-2H3,(H2,12,17)(H,13,18). The van der Waals surface area contributed by atoms with Crippen molar-refractivity contribution in [3.05, 3.63) is 0 Å². The number of primary amides is 1. The van der Waals surface area contributed by atoms with Gasteiger partial charge in [-0.15, -0.1) is 0 Å². The summed E-state index contributed by atoms with van der Waals surface area (Å²) in [6.45, 7) is 3.92. The normalized spacial score (nSPS) is 21.2. The predicted molar refractivity (Wildman–Crippen MR) is 63.2 cm³/mol. The molecule has 4 N–H and O–H groups in total. The van der Waals surface area contributed by atoms with Crippen molar-refractivity contribution in [1.82, 2.24) is 10.2 Å². The number of carbonyl (C=O) groups excluding carboxylic acids is 3. The zero-order valence-electron chi connectivity index (χ0n) is 10.5. The van der Waals surface area contributed by atoms with Gasteiger partial charge < -0.3 is 21.1 Å². The Morgan fingerprint density at radius 3 is 2.61 bits per heavy atom. The van der Waals surface area contributed by atoms with Gasteiger partial charge in [0.25, 0.3) is 0 Å². The number of aliphatic hydroxyl groups is 1. The summed E-state index contributed by atoms with van der Waals surface area (Å²) in [4.78, 5) is 35.6. The van der Waals surface area contributed by atoms with Crippen LogP contribution >= 0.6 is 0 Å². The van der Waals surface area contributed by atoms with Crippen LogP contribution in [0.4, 0.5) is 0 Å². The summed E-state index contributed by atoms with van der Waals surface area (Å²) < 4.78 is 0. The Morgan fingerprint density at radius 2 is 2.17 bits per heavy atom. The van der Waals surface area contributed by atoms with Gasteiger partial charge in [0.15, 0.2) is 0 Å². The molecule has 0 saturated carbocycles. The van der Waals surface area contributed by atoms with E-state index in [1.807, 2.05) is 13.8 Å². The van der Waals surface area contributed by atoms with Crippen LogP contribution in [0.3, 0.4) is 0 Å². The van der Waals surface area contributed by atoms with Gasteiger partial charge in [-0.2, -0.15) is 0 Å². The second kappa shape index (κ2) is 5.81. The zero-order chi connectivity index (χ0) is 13.9. The molecular formula is C11H19N3O4. The molecular weight excluding hydrogens is 238 g/mol. The molecule has 1 aliphatic heterocycles. The van der Waals surface area contributed by atoms with Crippen molar-refractivity contribution in [2.75, 3.05) is 13.1 Å². The van der Waals surface area contributed by atoms with Crippen LogP contribution in [0.15, 0.2) is 0 Å². The smallest absolute Gasteiger partial charge is 0.248 e. The van der Waals surface area contributed by atoms with Crippen LogP contribution in [0, 0.1) is 5.92 Å². The molecule has 3 amide bonds. The molecule has 0 spiro atoms. The van der Waals surface area contributed by atoms with Gasteiger partial charge in [0, 0.05) is 19.0 Å². The SMILES string of the molecule is CC(C)N1CC(C(=O)NCC(O)C(N)=O)CC1=O. The minimum absolute atomic E-state index is 0.0550. The highest BCUT2D eigenvalue weighted by Crippen LogP contribution is 2.19. The van der Waals surface area contributed by atoms with Gasteiger partial charge in [-0.1, -0.05) is 0 Å². The number of hydrogen-bond acceptors (Lipinski definition) is 4. The number of rotatable bonds is 5. The van der Waals surface area contributed by atoms with E-state index in [-0.39, 0.29) is 30.8 Å². The second-order valence-electron chi connectivity index (χ2n) is 4.70. The second-order valence-corrected chi connectivity index (χ2v) is 4.70. The van der Waals surface area contributed by atoms with Gasteiger partial charge in [-0.05, 0) is 13.8 Å². The lowest BCUT2D eigenvalue weighted by Crippen LogP contribution is -2.42. The van der Waals surface area contributed by atoms with Crippen LogP contribution in [-0.2, 0) is 14.4 Å². The molecule has 0 aliphatic carbocycles. The highest BCUT2D eigenvalue weighted by atomic mass is 16.3. The van der Waals surface area contributed by atoms with Crippen molar-refractivity contribution >= 4 is 17.7 Å². The van der Waals surface area contributed by atoms with Crippen LogP contribution in [-0.4, -0.2) is 53.0 Å². The third-order valence-electron chi connectivity index (χ3n) is 2.95. The quantitative estimate of drug-likeness (QED) is 0.539. The first-order valence-corrected chi connectivity index (χ1v) is 5.87. The molecule has 2 atom stereocenters. The predicted octanol–water partition coefficient (Wildman–Crippen LogP) is -1.79. The van der Waals surface area contributed by atoms with Crippen molar-refractivity contribution in [3.8, 4) is 0 Å². The fourth-order valence-corrected chi connectivity index (χ4v) is 1.85. The third kappa shape index (κ3) is 3.43. The molecule has 1 rings (SSSR count). The number of hydrogen-bond donors (Lipinski definition) is 3. The summed E-state index contributed by atoms with van der Waals surface area (Å²) in [6, 6.07) is 0.0616. The summed E-state index contributed by atoms with van der Waals surface area (Å²) in [5.41, 5.74) is 4.86. The highest BCUT2D eigenvalue weighted by molar-refractivity contribution is 5.89. The average molecular weight is 257 g/mol. The van der Waals surface area contributed by atoms with E-state index in [0.29, 0.717) is 6.54 Å². The van der Waals surface area contributed by atoms with Crippen molar-refractivity contribution in [1.29, 1.82) is 0 Å². The molecule has 7 heteroatoms. The first-order chi connectivity index (χ1) is 8.32. The van der Waals surface area contributed by atoms with Gasteiger partial charge in [-0.25, -0.2) is 0 Å². The molecule has 1 fully saturated rings. The molecule has 102 valence electrons. The summed E-state index contributed by atoms with van der Waals surface area (Å²) in [5.74, 6) is -1.71. The monoisotopic (exact) mass is 257 g/mol. The van der Waals surface area contributed by atoms with E-state index in [9.17, 15) is 14.4 Å². The van der Waals surface area contributed by atoms with Crippen molar-refractivity contribution in [3.63, 3.8) is 0 Å². The lowest BCUT2D eigenvalue weighted by atomic mass is 10.1. The van der Waals surface area contributed by atoms with E-state index < -0.39 is 17.9 Å². The van der Waals surface area contributed by atoms with E-state index in [4.69, 9.17) is 10.8 Å². The van der Waals surface area contributed by atoms with Crippen molar-refractivity contribution < 1.29 is 19.5 Å². The van der Waals surface area contributed by atoms with Gasteiger partial charge >= 0.3 is 0 Å². The minimum atomic E-state index is -1.40. The van der Waals surface area contributed by atoms with Gasteiger partial charge in [0.05, 0.1) is 12.5 Å². The number of likely N-dealkylation sites (tertiary alicyclic amines) is 1. The zero-order valence-corrected chi connectivity index (χ0v) is 10.5. The minimum Gasteiger partial charge on any atom is -0.381 e. The van der Waals surface area contributed by atoms with Crippen LogP contribution < -0.4 is 11.1 Å². The van der Waals surface area contributed by atoms with Gasteiger partial charge in [0.2, 0.25) is 17.7 Å². The van der Waals surface area contributed by atoms with Crippen LogP contribution in [0.1, 0.15) is 20.3 Å². The Morgan fingerprint density at radius 1 is 1.56 bits per heavy atom.